The van der Waals surface area contributed by atoms with E-state index in [9.17, 15) is 22.4 Å². The fourth-order valence-corrected chi connectivity index (χ4v) is 3.78. The molecule has 2 aromatic carbocycles. The van der Waals surface area contributed by atoms with Crippen molar-refractivity contribution in [1.29, 1.82) is 0 Å². The average molecular weight is 422 g/mol. The molecule has 0 aromatic heterocycles. The Hall–Kier alpha value is -2.94. The Labute approximate surface area is 169 Å². The molecule has 0 unspecified atom stereocenters. The number of likely N-dealkylation sites (N-methyl/N-ethyl adjacent to an activating group) is 1. The van der Waals surface area contributed by atoms with E-state index in [1.807, 2.05) is 13.8 Å². The van der Waals surface area contributed by atoms with Crippen LogP contribution in [-0.2, 0) is 19.6 Å². The van der Waals surface area contributed by atoms with Crippen LogP contribution >= 0.6 is 0 Å². The number of aryl methyl sites for hydroxylation is 1. The third kappa shape index (κ3) is 5.54. The van der Waals surface area contributed by atoms with E-state index >= 15 is 0 Å². The highest BCUT2D eigenvalue weighted by Crippen LogP contribution is 2.22. The van der Waals surface area contributed by atoms with Crippen LogP contribution in [0, 0.1) is 12.7 Å². The first-order valence-electron chi connectivity index (χ1n) is 9.02. The number of nitrogens with one attached hydrogen (secondary N) is 1. The van der Waals surface area contributed by atoms with Crippen molar-refractivity contribution in [1.82, 2.24) is 4.90 Å². The summed E-state index contributed by atoms with van der Waals surface area (Å²) >= 11 is 0. The molecule has 0 fully saturated rings. The van der Waals surface area contributed by atoms with E-state index in [0.717, 1.165) is 12.1 Å². The fourth-order valence-electron chi connectivity index (χ4n) is 2.61. The van der Waals surface area contributed by atoms with Crippen molar-refractivity contribution in [3.63, 3.8) is 0 Å². The number of amides is 1. The highest BCUT2D eigenvalue weighted by Gasteiger charge is 2.21. The van der Waals surface area contributed by atoms with Gasteiger partial charge in [0.1, 0.15) is 5.82 Å². The third-order valence-corrected chi connectivity index (χ3v) is 5.64. The van der Waals surface area contributed by atoms with Crippen molar-refractivity contribution in [2.45, 2.75) is 25.7 Å². The Morgan fingerprint density at radius 2 is 1.76 bits per heavy atom. The molecule has 0 saturated heterocycles. The van der Waals surface area contributed by atoms with Crippen molar-refractivity contribution in [2.75, 3.05) is 24.4 Å². The maximum absolute atomic E-state index is 13.4. The molecule has 0 saturated carbocycles. The van der Waals surface area contributed by atoms with Gasteiger partial charge >= 0.3 is 5.97 Å². The molecule has 0 aliphatic carbocycles. The van der Waals surface area contributed by atoms with E-state index in [1.165, 1.54) is 30.0 Å². The Bertz CT molecular complexity index is 1000. The number of esters is 1. The van der Waals surface area contributed by atoms with Gasteiger partial charge in [-0.1, -0.05) is 12.1 Å². The molecule has 0 spiro atoms. The topological polar surface area (TPSA) is 92.8 Å². The molecule has 0 radical (unpaired) electrons. The lowest BCUT2D eigenvalue weighted by molar-refractivity contribution is -0.134. The molecule has 0 aliphatic rings. The van der Waals surface area contributed by atoms with Crippen LogP contribution in [0.25, 0.3) is 0 Å². The highest BCUT2D eigenvalue weighted by atomic mass is 32.2. The standard InChI is InChI=1S/C20H23FN2O5S/c1-4-23(5-2)19(24)13-28-20(25)16-8-6-7-9-18(16)22-29(26,27)15-10-11-17(21)14(3)12-15/h6-12,22H,4-5,13H2,1-3H3. The molecule has 7 nitrogen and oxygen atoms in total. The zero-order chi connectivity index (χ0) is 21.6. The number of ether oxygens (including phenoxy) is 1. The van der Waals surface area contributed by atoms with Gasteiger partial charge < -0.3 is 9.64 Å². The van der Waals surface area contributed by atoms with Crippen LogP contribution in [0.5, 0.6) is 0 Å². The number of benzene rings is 2. The maximum Gasteiger partial charge on any atom is 0.340 e. The molecule has 1 amide bonds. The second-order valence-electron chi connectivity index (χ2n) is 6.20. The lowest BCUT2D eigenvalue weighted by Crippen LogP contribution is -2.34. The normalized spacial score (nSPS) is 11.0. The highest BCUT2D eigenvalue weighted by molar-refractivity contribution is 7.92. The number of carbonyl (C=O) groups excluding carboxylic acids is 2. The van der Waals surface area contributed by atoms with Crippen LogP contribution < -0.4 is 4.72 Å². The van der Waals surface area contributed by atoms with Gasteiger partial charge in [-0.25, -0.2) is 17.6 Å². The minimum atomic E-state index is -4.06. The predicted molar refractivity (Wildman–Crippen MR) is 107 cm³/mol. The van der Waals surface area contributed by atoms with Crippen LogP contribution in [0.3, 0.4) is 0 Å². The van der Waals surface area contributed by atoms with Crippen LogP contribution in [0.2, 0.25) is 0 Å². The molecule has 9 heteroatoms. The van der Waals surface area contributed by atoms with Crippen molar-refractivity contribution in [3.05, 3.63) is 59.4 Å². The zero-order valence-corrected chi connectivity index (χ0v) is 17.3. The number of anilines is 1. The lowest BCUT2D eigenvalue weighted by atomic mass is 10.2. The second-order valence-corrected chi connectivity index (χ2v) is 7.89. The summed E-state index contributed by atoms with van der Waals surface area (Å²) < 4.78 is 46.1. The second kappa shape index (κ2) is 9.51. The molecular formula is C20H23FN2O5S. The van der Waals surface area contributed by atoms with Crippen LogP contribution in [0.1, 0.15) is 29.8 Å². The van der Waals surface area contributed by atoms with Crippen molar-refractivity contribution >= 4 is 27.6 Å². The first-order valence-corrected chi connectivity index (χ1v) is 10.5. The average Bonchev–Trinajstić information content (AvgIpc) is 2.69. The van der Waals surface area contributed by atoms with Gasteiger partial charge in [0, 0.05) is 13.1 Å². The monoisotopic (exact) mass is 422 g/mol. The Morgan fingerprint density at radius 1 is 1.10 bits per heavy atom. The predicted octanol–water partition coefficient (Wildman–Crippen LogP) is 2.96. The van der Waals surface area contributed by atoms with Gasteiger partial charge in [-0.2, -0.15) is 0 Å². The molecule has 0 aliphatic heterocycles. The van der Waals surface area contributed by atoms with Crippen molar-refractivity contribution in [2.24, 2.45) is 0 Å². The van der Waals surface area contributed by atoms with E-state index in [2.05, 4.69) is 4.72 Å². The van der Waals surface area contributed by atoms with Crippen LogP contribution in [0.15, 0.2) is 47.4 Å². The van der Waals surface area contributed by atoms with Crippen LogP contribution in [-0.4, -0.2) is 44.9 Å². The Balaban J connectivity index is 2.20. The quantitative estimate of drug-likeness (QED) is 0.661. The maximum atomic E-state index is 13.4. The molecule has 0 bridgehead atoms. The first kappa shape index (κ1) is 22.4. The van der Waals surface area contributed by atoms with E-state index in [1.54, 1.807) is 12.1 Å². The molecule has 29 heavy (non-hydrogen) atoms. The number of rotatable bonds is 8. The number of para-hydroxylation sites is 1. The Kier molecular flexibility index (Phi) is 7.33. The summed E-state index contributed by atoms with van der Waals surface area (Å²) in [6, 6.07) is 9.27. The summed E-state index contributed by atoms with van der Waals surface area (Å²) in [5.74, 6) is -1.70. The molecule has 2 aromatic rings. The summed E-state index contributed by atoms with van der Waals surface area (Å²) in [4.78, 5) is 25.8. The number of hydrogen-bond donors (Lipinski definition) is 1. The number of sulfonamides is 1. The summed E-state index contributed by atoms with van der Waals surface area (Å²) in [7, 11) is -4.06. The first-order chi connectivity index (χ1) is 13.7. The summed E-state index contributed by atoms with van der Waals surface area (Å²) in [6.45, 7) is 5.60. The summed E-state index contributed by atoms with van der Waals surface area (Å²) in [5, 5.41) is 0. The number of nitrogens with zero attached hydrogens (tertiary/aromatic N) is 1. The molecule has 2 rings (SSSR count). The van der Waals surface area contributed by atoms with Gasteiger partial charge in [0.2, 0.25) is 0 Å². The number of hydrogen-bond acceptors (Lipinski definition) is 5. The van der Waals surface area contributed by atoms with Crippen molar-refractivity contribution < 1.29 is 27.1 Å². The van der Waals surface area contributed by atoms with Crippen LogP contribution in [0.4, 0.5) is 10.1 Å². The third-order valence-electron chi connectivity index (χ3n) is 4.27. The zero-order valence-electron chi connectivity index (χ0n) is 16.4. The smallest absolute Gasteiger partial charge is 0.340 e. The molecular weight excluding hydrogens is 399 g/mol. The number of carbonyl (C=O) groups is 2. The molecule has 1 N–H and O–H groups in total. The SMILES string of the molecule is CCN(CC)C(=O)COC(=O)c1ccccc1NS(=O)(=O)c1ccc(F)c(C)c1. The van der Waals surface area contributed by atoms with Gasteiger partial charge in [-0.15, -0.1) is 0 Å². The number of halogens is 1. The van der Waals surface area contributed by atoms with E-state index in [-0.39, 0.29) is 27.6 Å². The molecule has 0 heterocycles. The molecule has 156 valence electrons. The van der Waals surface area contributed by atoms with Gasteiger partial charge in [0.15, 0.2) is 6.61 Å². The Morgan fingerprint density at radius 3 is 2.38 bits per heavy atom. The van der Waals surface area contributed by atoms with Gasteiger partial charge in [0.05, 0.1) is 16.1 Å². The fraction of sp³-hybridized carbons (Fsp3) is 0.300. The van der Waals surface area contributed by atoms with Crippen molar-refractivity contribution in [3.8, 4) is 0 Å². The largest absolute Gasteiger partial charge is 0.452 e. The molecule has 0 atom stereocenters. The van der Waals surface area contributed by atoms with E-state index in [4.69, 9.17) is 4.74 Å². The summed E-state index contributed by atoms with van der Waals surface area (Å²) in [6.07, 6.45) is 0. The van der Waals surface area contributed by atoms with Gasteiger partial charge in [-0.3, -0.25) is 9.52 Å². The summed E-state index contributed by atoms with van der Waals surface area (Å²) in [5.41, 5.74) is 0.132. The van der Waals surface area contributed by atoms with E-state index in [0.29, 0.717) is 13.1 Å². The van der Waals surface area contributed by atoms with E-state index < -0.39 is 28.4 Å². The minimum Gasteiger partial charge on any atom is -0.452 e. The van der Waals surface area contributed by atoms with Gasteiger partial charge in [-0.05, 0) is 56.7 Å². The lowest BCUT2D eigenvalue weighted by Gasteiger charge is -2.18. The minimum absolute atomic E-state index is 0.00485. The van der Waals surface area contributed by atoms with Gasteiger partial charge in [0.25, 0.3) is 15.9 Å².